The van der Waals surface area contributed by atoms with Crippen LogP contribution < -0.4 is 10.2 Å². The Hall–Kier alpha value is -1.63. The van der Waals surface area contributed by atoms with Crippen molar-refractivity contribution in [2.45, 2.75) is 45.6 Å². The van der Waals surface area contributed by atoms with Crippen LogP contribution in [0.2, 0.25) is 0 Å². The molecule has 22 heavy (non-hydrogen) atoms. The van der Waals surface area contributed by atoms with Crippen molar-refractivity contribution in [2.75, 3.05) is 18.0 Å². The summed E-state index contributed by atoms with van der Waals surface area (Å²) in [7, 11) is 1.95. The van der Waals surface area contributed by atoms with Crippen LogP contribution >= 0.6 is 11.3 Å². The van der Waals surface area contributed by atoms with Crippen LogP contribution in [0.1, 0.15) is 38.3 Å². The molecule has 0 unspecified atom stereocenters. The Morgan fingerprint density at radius 1 is 1.45 bits per heavy atom. The molecule has 0 bridgehead atoms. The fourth-order valence-corrected chi connectivity index (χ4v) is 4.29. The van der Waals surface area contributed by atoms with Crippen molar-refractivity contribution in [3.05, 3.63) is 5.69 Å². The van der Waals surface area contributed by atoms with E-state index in [4.69, 9.17) is 4.98 Å². The fourth-order valence-electron chi connectivity index (χ4n) is 3.16. The summed E-state index contributed by atoms with van der Waals surface area (Å²) in [6, 6.07) is 0.467. The minimum atomic E-state index is 0.0454. The molecule has 1 amide bonds. The number of nitrogens with zero attached hydrogens (tertiary/aromatic N) is 4. The number of amides is 1. The largest absolute Gasteiger partial charge is 0.356 e. The summed E-state index contributed by atoms with van der Waals surface area (Å²) in [5, 5.41) is 8.43. The number of aryl methyl sites for hydroxylation is 2. The van der Waals surface area contributed by atoms with Gasteiger partial charge in [0, 0.05) is 33.1 Å². The Labute approximate surface area is 134 Å². The molecule has 0 aromatic carbocycles. The summed E-state index contributed by atoms with van der Waals surface area (Å²) in [6.07, 6.45) is 4.62. The molecular weight excluding hydrogens is 298 g/mol. The highest BCUT2D eigenvalue weighted by atomic mass is 32.1. The van der Waals surface area contributed by atoms with E-state index in [1.807, 2.05) is 18.7 Å². The van der Waals surface area contributed by atoms with Gasteiger partial charge in [-0.15, -0.1) is 0 Å². The zero-order valence-electron chi connectivity index (χ0n) is 13.4. The van der Waals surface area contributed by atoms with Crippen LogP contribution in [0.25, 0.3) is 10.3 Å². The maximum absolute atomic E-state index is 11.0. The van der Waals surface area contributed by atoms with Gasteiger partial charge in [0.15, 0.2) is 10.8 Å². The van der Waals surface area contributed by atoms with Gasteiger partial charge >= 0.3 is 0 Å². The molecule has 0 saturated carbocycles. The molecule has 1 aliphatic heterocycles. The summed E-state index contributed by atoms with van der Waals surface area (Å²) in [6.45, 7) is 5.40. The smallest absolute Gasteiger partial charge is 0.216 e. The number of nitrogens with one attached hydrogen (secondary N) is 1. The molecule has 7 heteroatoms. The van der Waals surface area contributed by atoms with Crippen LogP contribution in [0.4, 0.5) is 5.13 Å². The average molecular weight is 321 g/mol. The Bertz CT molecular complexity index is 642. The van der Waals surface area contributed by atoms with E-state index in [9.17, 15) is 4.79 Å². The Kier molecular flexibility index (Phi) is 4.33. The highest BCUT2D eigenvalue weighted by Crippen LogP contribution is 2.34. The van der Waals surface area contributed by atoms with E-state index in [-0.39, 0.29) is 5.91 Å². The lowest BCUT2D eigenvalue weighted by Gasteiger charge is -2.35. The number of carbonyl (C=O) groups is 1. The van der Waals surface area contributed by atoms with Crippen molar-refractivity contribution in [1.29, 1.82) is 0 Å². The van der Waals surface area contributed by atoms with E-state index in [2.05, 4.69) is 15.3 Å². The average Bonchev–Trinajstić information content (AvgIpc) is 3.02. The second kappa shape index (κ2) is 6.24. The van der Waals surface area contributed by atoms with Gasteiger partial charge in [-0.25, -0.2) is 9.67 Å². The number of anilines is 1. The van der Waals surface area contributed by atoms with E-state index < -0.39 is 0 Å². The number of carbonyl (C=O) groups excluding carboxylic acids is 1. The summed E-state index contributed by atoms with van der Waals surface area (Å²) in [4.78, 5) is 18.3. The molecule has 3 heterocycles. The number of rotatable bonds is 4. The van der Waals surface area contributed by atoms with Gasteiger partial charge in [-0.3, -0.25) is 4.79 Å². The lowest BCUT2D eigenvalue weighted by atomic mass is 10.00. The second-order valence-electron chi connectivity index (χ2n) is 5.97. The zero-order valence-corrected chi connectivity index (χ0v) is 14.2. The lowest BCUT2D eigenvalue weighted by Crippen LogP contribution is -2.41. The zero-order chi connectivity index (χ0) is 15.7. The van der Waals surface area contributed by atoms with E-state index in [1.165, 1.54) is 24.0 Å². The van der Waals surface area contributed by atoms with Crippen LogP contribution in [-0.2, 0) is 11.8 Å². The van der Waals surface area contributed by atoms with Crippen LogP contribution in [-0.4, -0.2) is 39.8 Å². The topological polar surface area (TPSA) is 63.1 Å². The van der Waals surface area contributed by atoms with Gasteiger partial charge < -0.3 is 10.2 Å². The van der Waals surface area contributed by atoms with Gasteiger partial charge in [0.1, 0.15) is 0 Å². The molecule has 0 radical (unpaired) electrons. The third-order valence-electron chi connectivity index (χ3n) is 4.26. The van der Waals surface area contributed by atoms with Gasteiger partial charge in [-0.2, -0.15) is 5.10 Å². The van der Waals surface area contributed by atoms with Gasteiger partial charge in [0.2, 0.25) is 5.91 Å². The Morgan fingerprint density at radius 2 is 2.27 bits per heavy atom. The number of hydrogen-bond acceptors (Lipinski definition) is 5. The van der Waals surface area contributed by atoms with Gasteiger partial charge in [-0.1, -0.05) is 11.3 Å². The molecule has 2 aromatic rings. The second-order valence-corrected chi connectivity index (χ2v) is 6.95. The predicted molar refractivity (Wildman–Crippen MR) is 89.4 cm³/mol. The number of fused-ring (bicyclic) bond motifs is 1. The number of aromatic nitrogens is 3. The Balaban J connectivity index is 1.79. The first kappa shape index (κ1) is 15.3. The van der Waals surface area contributed by atoms with E-state index in [0.717, 1.165) is 36.0 Å². The van der Waals surface area contributed by atoms with Crippen LogP contribution in [0.15, 0.2) is 0 Å². The third-order valence-corrected chi connectivity index (χ3v) is 5.45. The van der Waals surface area contributed by atoms with Crippen molar-refractivity contribution < 1.29 is 4.79 Å². The highest BCUT2D eigenvalue weighted by molar-refractivity contribution is 7.22. The van der Waals surface area contributed by atoms with Crippen LogP contribution in [0, 0.1) is 6.92 Å². The first-order valence-electron chi connectivity index (χ1n) is 7.87. The molecule has 0 aliphatic carbocycles. The molecule has 1 aliphatic rings. The quantitative estimate of drug-likeness (QED) is 0.938. The summed E-state index contributed by atoms with van der Waals surface area (Å²) in [5.41, 5.74) is 2.02. The molecule has 0 spiro atoms. The SMILES string of the molecule is CC(=O)NCC[C@@H]1CCCCN1c1nc2c(s1)c(C)nn2C. The molecular formula is C15H23N5OS. The molecule has 1 fully saturated rings. The number of thiazole rings is 1. The third kappa shape index (κ3) is 2.95. The van der Waals surface area contributed by atoms with Crippen molar-refractivity contribution >= 4 is 32.7 Å². The maximum atomic E-state index is 11.0. The molecule has 1 saturated heterocycles. The van der Waals surface area contributed by atoms with E-state index in [0.29, 0.717) is 6.04 Å². The van der Waals surface area contributed by atoms with E-state index >= 15 is 0 Å². The lowest BCUT2D eigenvalue weighted by molar-refractivity contribution is -0.118. The van der Waals surface area contributed by atoms with Crippen LogP contribution in [0.5, 0.6) is 0 Å². The first-order valence-corrected chi connectivity index (χ1v) is 8.69. The summed E-state index contributed by atoms with van der Waals surface area (Å²) < 4.78 is 3.05. The van der Waals surface area contributed by atoms with Crippen molar-refractivity contribution in [3.8, 4) is 0 Å². The Morgan fingerprint density at radius 3 is 3.00 bits per heavy atom. The van der Waals surface area contributed by atoms with Crippen molar-refractivity contribution in [3.63, 3.8) is 0 Å². The normalized spacial score (nSPS) is 18.9. The van der Waals surface area contributed by atoms with E-state index in [1.54, 1.807) is 18.3 Å². The van der Waals surface area contributed by atoms with Crippen molar-refractivity contribution in [2.24, 2.45) is 7.05 Å². The fraction of sp³-hybridized carbons (Fsp3) is 0.667. The standard InChI is InChI=1S/C15H23N5OS/c1-10-13-14(19(3)18-10)17-15(22-13)20-9-5-4-6-12(20)7-8-16-11(2)21/h12H,4-9H2,1-3H3,(H,16,21)/t12-/m0/s1. The number of hydrogen-bond donors (Lipinski definition) is 1. The maximum Gasteiger partial charge on any atom is 0.216 e. The monoisotopic (exact) mass is 321 g/mol. The molecule has 1 atom stereocenters. The first-order chi connectivity index (χ1) is 10.6. The van der Waals surface area contributed by atoms with Crippen LogP contribution in [0.3, 0.4) is 0 Å². The minimum Gasteiger partial charge on any atom is -0.356 e. The van der Waals surface area contributed by atoms with Crippen molar-refractivity contribution in [1.82, 2.24) is 20.1 Å². The summed E-state index contributed by atoms with van der Waals surface area (Å²) >= 11 is 1.74. The molecule has 6 nitrogen and oxygen atoms in total. The predicted octanol–water partition coefficient (Wildman–Crippen LogP) is 2.22. The van der Waals surface area contributed by atoms with Gasteiger partial charge in [0.05, 0.1) is 10.4 Å². The van der Waals surface area contributed by atoms with Gasteiger partial charge in [0.25, 0.3) is 0 Å². The molecule has 2 aromatic heterocycles. The molecule has 1 N–H and O–H groups in total. The van der Waals surface area contributed by atoms with Gasteiger partial charge in [-0.05, 0) is 32.6 Å². The minimum absolute atomic E-state index is 0.0454. The molecule has 3 rings (SSSR count). The summed E-state index contributed by atoms with van der Waals surface area (Å²) in [5.74, 6) is 0.0454. The highest BCUT2D eigenvalue weighted by Gasteiger charge is 2.26. The number of piperidine rings is 1. The molecule has 120 valence electrons.